The third kappa shape index (κ3) is 5.16. The average molecular weight is 456 g/mol. The van der Waals surface area contributed by atoms with Crippen molar-refractivity contribution in [3.05, 3.63) is 40.1 Å². The van der Waals surface area contributed by atoms with E-state index in [-0.39, 0.29) is 30.7 Å². The summed E-state index contributed by atoms with van der Waals surface area (Å²) < 4.78 is 11.0. The molecule has 0 radical (unpaired) electrons. The van der Waals surface area contributed by atoms with Gasteiger partial charge in [0.2, 0.25) is 11.8 Å². The number of hydrogen-bond acceptors (Lipinski definition) is 7. The van der Waals surface area contributed by atoms with E-state index >= 15 is 0 Å². The largest absolute Gasteiger partial charge is 0.490 e. The Balaban J connectivity index is 1.40. The molecule has 1 fully saturated rings. The van der Waals surface area contributed by atoms with Crippen LogP contribution in [0.15, 0.2) is 38.9 Å². The molecule has 0 atom stereocenters. The Morgan fingerprint density at radius 1 is 1.22 bits per heavy atom. The Morgan fingerprint density at radius 2 is 2.00 bits per heavy atom. The van der Waals surface area contributed by atoms with Crippen LogP contribution in [-0.2, 0) is 9.59 Å². The van der Waals surface area contributed by atoms with Gasteiger partial charge in [-0.1, -0.05) is 25.0 Å². The van der Waals surface area contributed by atoms with Crippen molar-refractivity contribution in [1.29, 1.82) is 0 Å². The standard InChI is InChI=1S/C23H25N3O5S/c1-2-30-18-9-5-6-14-12-16(22(29)31-21(14)18)17-13-32-23(25-17)26-20(28)11-10-19(27)24-15-7-3-4-8-15/h5-6,9,12-13,15H,2-4,7-8,10-11H2,1H3,(H,24,27)(H,25,26,28). The third-order valence-electron chi connectivity index (χ3n) is 5.35. The van der Waals surface area contributed by atoms with Gasteiger partial charge in [-0.15, -0.1) is 11.3 Å². The molecule has 0 saturated heterocycles. The molecular formula is C23H25N3O5S. The summed E-state index contributed by atoms with van der Waals surface area (Å²) in [5.74, 6) is 0.114. The minimum Gasteiger partial charge on any atom is -0.490 e. The summed E-state index contributed by atoms with van der Waals surface area (Å²) in [6, 6.07) is 7.35. The Kier molecular flexibility index (Phi) is 6.84. The maximum absolute atomic E-state index is 12.6. The van der Waals surface area contributed by atoms with Crippen LogP contribution in [-0.4, -0.2) is 29.4 Å². The minimum absolute atomic E-state index is 0.0752. The summed E-state index contributed by atoms with van der Waals surface area (Å²) in [6.07, 6.45) is 4.51. The Labute approximate surface area is 189 Å². The molecule has 1 aliphatic carbocycles. The molecule has 3 aromatic rings. The number of rotatable bonds is 8. The highest BCUT2D eigenvalue weighted by Crippen LogP contribution is 2.29. The smallest absolute Gasteiger partial charge is 0.345 e. The predicted molar refractivity (Wildman–Crippen MR) is 123 cm³/mol. The number of aromatic nitrogens is 1. The Hall–Kier alpha value is -3.20. The van der Waals surface area contributed by atoms with E-state index in [0.717, 1.165) is 31.1 Å². The lowest BCUT2D eigenvalue weighted by molar-refractivity contribution is -0.124. The zero-order valence-electron chi connectivity index (χ0n) is 17.8. The summed E-state index contributed by atoms with van der Waals surface area (Å²) >= 11 is 1.21. The monoisotopic (exact) mass is 455 g/mol. The zero-order chi connectivity index (χ0) is 22.5. The van der Waals surface area contributed by atoms with Gasteiger partial charge in [-0.05, 0) is 31.9 Å². The molecule has 0 aliphatic heterocycles. The van der Waals surface area contributed by atoms with E-state index in [4.69, 9.17) is 9.15 Å². The fourth-order valence-electron chi connectivity index (χ4n) is 3.80. The molecule has 9 heteroatoms. The van der Waals surface area contributed by atoms with Crippen molar-refractivity contribution in [2.24, 2.45) is 0 Å². The van der Waals surface area contributed by atoms with Crippen molar-refractivity contribution in [2.75, 3.05) is 11.9 Å². The number of anilines is 1. The average Bonchev–Trinajstić information content (AvgIpc) is 3.45. The molecule has 8 nitrogen and oxygen atoms in total. The fraction of sp³-hybridized carbons (Fsp3) is 0.391. The topological polar surface area (TPSA) is 111 Å². The quantitative estimate of drug-likeness (QED) is 0.495. The van der Waals surface area contributed by atoms with Crippen LogP contribution in [0.2, 0.25) is 0 Å². The number of carbonyl (C=O) groups is 2. The summed E-state index contributed by atoms with van der Waals surface area (Å²) in [5, 5.41) is 8.44. The number of benzene rings is 1. The zero-order valence-corrected chi connectivity index (χ0v) is 18.6. The molecule has 4 rings (SSSR count). The van der Waals surface area contributed by atoms with Gasteiger partial charge >= 0.3 is 5.63 Å². The summed E-state index contributed by atoms with van der Waals surface area (Å²) in [4.78, 5) is 41.1. The van der Waals surface area contributed by atoms with Crippen LogP contribution < -0.4 is 21.0 Å². The summed E-state index contributed by atoms with van der Waals surface area (Å²) in [6.45, 7) is 2.32. The van der Waals surface area contributed by atoms with Crippen molar-refractivity contribution < 1.29 is 18.7 Å². The number of nitrogens with one attached hydrogen (secondary N) is 2. The lowest BCUT2D eigenvalue weighted by atomic mass is 10.1. The van der Waals surface area contributed by atoms with Gasteiger partial charge in [-0.3, -0.25) is 9.59 Å². The number of hydrogen-bond donors (Lipinski definition) is 2. The second kappa shape index (κ2) is 9.95. The van der Waals surface area contributed by atoms with E-state index in [1.165, 1.54) is 11.3 Å². The number of amides is 2. The van der Waals surface area contributed by atoms with Gasteiger partial charge in [0.05, 0.1) is 17.9 Å². The van der Waals surface area contributed by atoms with Crippen LogP contribution in [0, 0.1) is 0 Å². The summed E-state index contributed by atoms with van der Waals surface area (Å²) in [7, 11) is 0. The van der Waals surface area contributed by atoms with Crippen LogP contribution in [0.4, 0.5) is 5.13 Å². The van der Waals surface area contributed by atoms with Gasteiger partial charge in [0, 0.05) is 29.6 Å². The first-order valence-electron chi connectivity index (χ1n) is 10.8. The molecule has 168 valence electrons. The molecule has 0 bridgehead atoms. The second-order valence-corrected chi connectivity index (χ2v) is 8.55. The van der Waals surface area contributed by atoms with Gasteiger partial charge in [-0.2, -0.15) is 0 Å². The molecule has 2 heterocycles. The SMILES string of the molecule is CCOc1cccc2cc(-c3csc(NC(=O)CCC(=O)NC4CCCC4)n3)c(=O)oc12. The Morgan fingerprint density at radius 3 is 2.78 bits per heavy atom. The van der Waals surface area contributed by atoms with Gasteiger partial charge < -0.3 is 19.8 Å². The molecule has 0 unspecified atom stereocenters. The Bertz CT molecular complexity index is 1180. The molecule has 1 aliphatic rings. The highest BCUT2D eigenvalue weighted by molar-refractivity contribution is 7.14. The summed E-state index contributed by atoms with van der Waals surface area (Å²) in [5.41, 5.74) is 0.583. The first-order chi connectivity index (χ1) is 15.5. The van der Waals surface area contributed by atoms with Gasteiger partial charge in [0.1, 0.15) is 0 Å². The van der Waals surface area contributed by atoms with Crippen molar-refractivity contribution in [3.63, 3.8) is 0 Å². The molecule has 0 spiro atoms. The lowest BCUT2D eigenvalue weighted by Crippen LogP contribution is -2.33. The maximum atomic E-state index is 12.6. The van der Waals surface area contributed by atoms with E-state index in [9.17, 15) is 14.4 Å². The van der Waals surface area contributed by atoms with E-state index in [2.05, 4.69) is 15.6 Å². The van der Waals surface area contributed by atoms with E-state index in [0.29, 0.717) is 34.3 Å². The number of ether oxygens (including phenoxy) is 1. The van der Waals surface area contributed by atoms with E-state index in [1.807, 2.05) is 19.1 Å². The predicted octanol–water partition coefficient (Wildman–Crippen LogP) is 4.09. The van der Waals surface area contributed by atoms with Crippen molar-refractivity contribution in [1.82, 2.24) is 10.3 Å². The number of para-hydroxylation sites is 1. The van der Waals surface area contributed by atoms with Crippen LogP contribution in [0.5, 0.6) is 5.75 Å². The van der Waals surface area contributed by atoms with E-state index < -0.39 is 5.63 Å². The lowest BCUT2D eigenvalue weighted by Gasteiger charge is -2.11. The van der Waals surface area contributed by atoms with Crippen LogP contribution >= 0.6 is 11.3 Å². The first-order valence-corrected chi connectivity index (χ1v) is 11.7. The number of carbonyl (C=O) groups excluding carboxylic acids is 2. The van der Waals surface area contributed by atoms with Gasteiger partial charge in [-0.25, -0.2) is 9.78 Å². The fourth-order valence-corrected chi connectivity index (χ4v) is 4.53. The second-order valence-electron chi connectivity index (χ2n) is 7.69. The minimum atomic E-state index is -0.531. The van der Waals surface area contributed by atoms with Crippen molar-refractivity contribution in [2.45, 2.75) is 51.5 Å². The molecule has 1 aromatic carbocycles. The van der Waals surface area contributed by atoms with Crippen molar-refractivity contribution >= 4 is 39.3 Å². The molecule has 2 amide bonds. The molecule has 2 aromatic heterocycles. The van der Waals surface area contributed by atoms with E-state index in [1.54, 1.807) is 17.5 Å². The van der Waals surface area contributed by atoms with Crippen LogP contribution in [0.3, 0.4) is 0 Å². The number of nitrogens with zero attached hydrogens (tertiary/aromatic N) is 1. The van der Waals surface area contributed by atoms with Gasteiger partial charge in [0.15, 0.2) is 16.5 Å². The third-order valence-corrected chi connectivity index (χ3v) is 6.11. The van der Waals surface area contributed by atoms with Crippen LogP contribution in [0.1, 0.15) is 45.4 Å². The van der Waals surface area contributed by atoms with Gasteiger partial charge in [0.25, 0.3) is 0 Å². The maximum Gasteiger partial charge on any atom is 0.345 e. The normalized spacial score (nSPS) is 13.9. The van der Waals surface area contributed by atoms with Crippen LogP contribution in [0.25, 0.3) is 22.2 Å². The molecular weight excluding hydrogens is 430 g/mol. The highest BCUT2D eigenvalue weighted by Gasteiger charge is 2.18. The molecule has 32 heavy (non-hydrogen) atoms. The highest BCUT2D eigenvalue weighted by atomic mass is 32.1. The number of thiazole rings is 1. The first kappa shape index (κ1) is 22.0. The molecule has 1 saturated carbocycles. The number of fused-ring (bicyclic) bond motifs is 1. The van der Waals surface area contributed by atoms with Crippen molar-refractivity contribution in [3.8, 4) is 17.0 Å². The molecule has 2 N–H and O–H groups in total.